The van der Waals surface area contributed by atoms with E-state index in [0.717, 1.165) is 22.3 Å². The van der Waals surface area contributed by atoms with Gasteiger partial charge in [0.2, 0.25) is 0 Å². The fourth-order valence-corrected chi connectivity index (χ4v) is 3.04. The molecule has 0 saturated heterocycles. The zero-order valence-corrected chi connectivity index (χ0v) is 17.6. The Hall–Kier alpha value is -3.93. The van der Waals surface area contributed by atoms with Crippen LogP contribution in [0.15, 0.2) is 72.8 Å². The van der Waals surface area contributed by atoms with Crippen molar-refractivity contribution >= 4 is 23.4 Å². The molecule has 3 N–H and O–H groups in total. The Kier molecular flexibility index (Phi) is 7.17. The van der Waals surface area contributed by atoms with E-state index in [0.29, 0.717) is 6.54 Å². The Balaban J connectivity index is 1.59. The summed E-state index contributed by atoms with van der Waals surface area (Å²) in [6.07, 6.45) is 0. The third kappa shape index (κ3) is 6.27. The Morgan fingerprint density at radius 3 is 2.13 bits per heavy atom. The number of hydrogen-bond donors (Lipinski definition) is 3. The number of carbonyl (C=O) groups excluding carboxylic acids is 3. The molecule has 3 rings (SSSR count). The minimum Gasteiger partial charge on any atom is -0.348 e. The molecule has 0 fully saturated rings. The highest BCUT2D eigenvalue weighted by molar-refractivity contribution is 6.40. The van der Waals surface area contributed by atoms with Crippen molar-refractivity contribution in [1.29, 1.82) is 0 Å². The van der Waals surface area contributed by atoms with E-state index in [1.807, 2.05) is 62.4 Å². The third-order valence-electron chi connectivity index (χ3n) is 4.74. The fraction of sp³-hybridized carbons (Fsp3) is 0.160. The predicted octanol–water partition coefficient (Wildman–Crippen LogP) is 3.49. The summed E-state index contributed by atoms with van der Waals surface area (Å²) in [6.45, 7) is 4.56. The molecule has 0 heterocycles. The number of rotatable bonds is 6. The summed E-state index contributed by atoms with van der Waals surface area (Å²) in [7, 11) is 0. The van der Waals surface area contributed by atoms with Gasteiger partial charge in [-0.3, -0.25) is 14.4 Å². The number of aryl methyl sites for hydroxylation is 2. The molecule has 0 unspecified atom stereocenters. The van der Waals surface area contributed by atoms with Gasteiger partial charge in [-0.1, -0.05) is 71.8 Å². The highest BCUT2D eigenvalue weighted by atomic mass is 16.2. The molecule has 3 aromatic carbocycles. The second-order valence-corrected chi connectivity index (χ2v) is 7.34. The van der Waals surface area contributed by atoms with Crippen LogP contribution in [0.2, 0.25) is 0 Å². The van der Waals surface area contributed by atoms with Crippen LogP contribution in [0.1, 0.15) is 32.6 Å². The van der Waals surface area contributed by atoms with Gasteiger partial charge in [-0.15, -0.1) is 0 Å². The van der Waals surface area contributed by atoms with Crippen LogP contribution in [0.3, 0.4) is 0 Å². The topological polar surface area (TPSA) is 87.3 Å². The molecule has 158 valence electrons. The number of nitrogens with one attached hydrogen (secondary N) is 3. The average Bonchev–Trinajstić information content (AvgIpc) is 2.77. The number of carbonyl (C=O) groups is 3. The Morgan fingerprint density at radius 2 is 1.39 bits per heavy atom. The van der Waals surface area contributed by atoms with Crippen molar-refractivity contribution in [3.8, 4) is 0 Å². The van der Waals surface area contributed by atoms with Gasteiger partial charge in [-0.25, -0.2) is 0 Å². The van der Waals surface area contributed by atoms with Crippen molar-refractivity contribution in [2.75, 3.05) is 5.32 Å². The molecule has 0 aliphatic carbocycles. The van der Waals surface area contributed by atoms with E-state index in [1.54, 1.807) is 24.3 Å². The van der Waals surface area contributed by atoms with Crippen molar-refractivity contribution in [3.63, 3.8) is 0 Å². The van der Waals surface area contributed by atoms with Crippen LogP contribution in [0.4, 0.5) is 5.69 Å². The molecule has 0 radical (unpaired) electrons. The molecule has 0 aliphatic rings. The first-order valence-electron chi connectivity index (χ1n) is 10.00. The highest BCUT2D eigenvalue weighted by Crippen LogP contribution is 2.15. The normalized spacial score (nSPS) is 10.3. The summed E-state index contributed by atoms with van der Waals surface area (Å²) in [5, 5.41) is 7.97. The Labute approximate surface area is 181 Å². The summed E-state index contributed by atoms with van der Waals surface area (Å²) >= 11 is 0. The summed E-state index contributed by atoms with van der Waals surface area (Å²) in [4.78, 5) is 37.2. The van der Waals surface area contributed by atoms with Crippen LogP contribution in [0.5, 0.6) is 0 Å². The lowest BCUT2D eigenvalue weighted by atomic mass is 10.1. The Morgan fingerprint density at radius 1 is 0.677 bits per heavy atom. The molecule has 0 spiro atoms. The number of amides is 3. The van der Waals surface area contributed by atoms with Gasteiger partial charge in [0.05, 0.1) is 11.3 Å². The predicted molar refractivity (Wildman–Crippen MR) is 120 cm³/mol. The van der Waals surface area contributed by atoms with Gasteiger partial charge in [0.25, 0.3) is 5.91 Å². The van der Waals surface area contributed by atoms with Gasteiger partial charge in [0.15, 0.2) is 0 Å². The summed E-state index contributed by atoms with van der Waals surface area (Å²) in [5.41, 5.74) is 4.66. The van der Waals surface area contributed by atoms with Gasteiger partial charge < -0.3 is 16.0 Å². The molecule has 0 bridgehead atoms. The van der Waals surface area contributed by atoms with Crippen LogP contribution < -0.4 is 16.0 Å². The smallest absolute Gasteiger partial charge is 0.313 e. The number of hydrogen-bond acceptors (Lipinski definition) is 3. The molecule has 31 heavy (non-hydrogen) atoms. The molecule has 0 saturated carbocycles. The number of benzene rings is 3. The lowest BCUT2D eigenvalue weighted by Crippen LogP contribution is -2.35. The second-order valence-electron chi connectivity index (χ2n) is 7.34. The van der Waals surface area contributed by atoms with E-state index in [1.165, 1.54) is 0 Å². The van der Waals surface area contributed by atoms with Gasteiger partial charge in [0.1, 0.15) is 0 Å². The quantitative estimate of drug-likeness (QED) is 0.539. The van der Waals surface area contributed by atoms with Crippen molar-refractivity contribution < 1.29 is 14.4 Å². The molecule has 0 aliphatic heterocycles. The van der Waals surface area contributed by atoms with Gasteiger partial charge >= 0.3 is 11.8 Å². The van der Waals surface area contributed by atoms with Gasteiger partial charge in [-0.05, 0) is 37.1 Å². The van der Waals surface area contributed by atoms with E-state index in [4.69, 9.17) is 0 Å². The van der Waals surface area contributed by atoms with Crippen LogP contribution >= 0.6 is 0 Å². The van der Waals surface area contributed by atoms with Gasteiger partial charge in [-0.2, -0.15) is 0 Å². The standard InChI is InChI=1S/C25H25N3O3/c1-17-10-12-19(13-11-17)15-27-24(30)25(31)28-22-9-4-3-8-21(22)23(29)26-16-20-7-5-6-18(2)14-20/h3-14H,15-16H2,1-2H3,(H,26,29)(H,27,30)(H,28,31). The molecule has 0 aromatic heterocycles. The zero-order chi connectivity index (χ0) is 22.2. The number of para-hydroxylation sites is 1. The number of anilines is 1. The maximum atomic E-state index is 12.7. The molecule has 6 nitrogen and oxygen atoms in total. The Bertz CT molecular complexity index is 1090. The second kappa shape index (κ2) is 10.2. The minimum absolute atomic E-state index is 0.241. The minimum atomic E-state index is -0.828. The van der Waals surface area contributed by atoms with Crippen molar-refractivity contribution in [3.05, 3.63) is 101 Å². The first-order valence-corrected chi connectivity index (χ1v) is 10.00. The van der Waals surface area contributed by atoms with E-state index >= 15 is 0 Å². The maximum absolute atomic E-state index is 12.7. The van der Waals surface area contributed by atoms with E-state index in [-0.39, 0.29) is 23.7 Å². The molecular formula is C25H25N3O3. The summed E-state index contributed by atoms with van der Waals surface area (Å²) in [6, 6.07) is 22.1. The first-order chi connectivity index (χ1) is 14.9. The van der Waals surface area contributed by atoms with E-state index in [2.05, 4.69) is 16.0 Å². The molecule has 6 heteroatoms. The summed E-state index contributed by atoms with van der Waals surface area (Å²) < 4.78 is 0. The summed E-state index contributed by atoms with van der Waals surface area (Å²) in [5.74, 6) is -1.93. The lowest BCUT2D eigenvalue weighted by molar-refractivity contribution is -0.136. The van der Waals surface area contributed by atoms with Crippen molar-refractivity contribution in [1.82, 2.24) is 10.6 Å². The average molecular weight is 415 g/mol. The monoisotopic (exact) mass is 415 g/mol. The lowest BCUT2D eigenvalue weighted by Gasteiger charge is -2.12. The molecular weight excluding hydrogens is 390 g/mol. The van der Waals surface area contributed by atoms with Crippen molar-refractivity contribution in [2.45, 2.75) is 26.9 Å². The van der Waals surface area contributed by atoms with Gasteiger partial charge in [0, 0.05) is 13.1 Å². The maximum Gasteiger partial charge on any atom is 0.313 e. The SMILES string of the molecule is Cc1ccc(CNC(=O)C(=O)Nc2ccccc2C(=O)NCc2cccc(C)c2)cc1. The third-order valence-corrected chi connectivity index (χ3v) is 4.74. The van der Waals surface area contributed by atoms with Crippen molar-refractivity contribution in [2.24, 2.45) is 0 Å². The first kappa shape index (κ1) is 21.8. The molecule has 3 amide bonds. The van der Waals surface area contributed by atoms with Crippen LogP contribution in [-0.2, 0) is 22.7 Å². The largest absolute Gasteiger partial charge is 0.348 e. The molecule has 0 atom stereocenters. The van der Waals surface area contributed by atoms with Crippen LogP contribution in [0.25, 0.3) is 0 Å². The van der Waals surface area contributed by atoms with Crippen LogP contribution in [0, 0.1) is 13.8 Å². The van der Waals surface area contributed by atoms with Crippen LogP contribution in [-0.4, -0.2) is 17.7 Å². The molecule has 3 aromatic rings. The fourth-order valence-electron chi connectivity index (χ4n) is 3.04. The van der Waals surface area contributed by atoms with E-state index < -0.39 is 11.8 Å². The zero-order valence-electron chi connectivity index (χ0n) is 17.6. The van der Waals surface area contributed by atoms with E-state index in [9.17, 15) is 14.4 Å². The highest BCUT2D eigenvalue weighted by Gasteiger charge is 2.17.